The van der Waals surface area contributed by atoms with E-state index in [0.29, 0.717) is 6.54 Å². The highest BCUT2D eigenvalue weighted by Gasteiger charge is 2.33. The molecule has 0 spiro atoms. The summed E-state index contributed by atoms with van der Waals surface area (Å²) in [5.74, 6) is 0.359. The minimum Gasteiger partial charge on any atom is -0.369 e. The number of benzene rings is 1. The van der Waals surface area contributed by atoms with E-state index in [4.69, 9.17) is 5.73 Å². The first kappa shape index (κ1) is 17.5. The zero-order valence-electron chi connectivity index (χ0n) is 14.4. The van der Waals surface area contributed by atoms with E-state index in [1.165, 1.54) is 17.0 Å². The topological polar surface area (TPSA) is 91.1 Å². The summed E-state index contributed by atoms with van der Waals surface area (Å²) in [5.41, 5.74) is 6.38. The Morgan fingerprint density at radius 1 is 1.36 bits per heavy atom. The zero-order chi connectivity index (χ0) is 17.8. The minimum absolute atomic E-state index is 0.0172. The van der Waals surface area contributed by atoms with Gasteiger partial charge in [0.15, 0.2) is 0 Å². The number of rotatable bonds is 6. The zero-order valence-corrected chi connectivity index (χ0v) is 14.4. The van der Waals surface area contributed by atoms with E-state index in [1.807, 2.05) is 0 Å². The SMILES string of the molecule is CC[C@H](c1nnnn1Cc1ccc(F)cc1)[NH+]1CCC(C(N)=O)CC1. The van der Waals surface area contributed by atoms with Crippen molar-refractivity contribution in [2.24, 2.45) is 11.7 Å². The van der Waals surface area contributed by atoms with E-state index in [-0.39, 0.29) is 23.7 Å². The van der Waals surface area contributed by atoms with Crippen LogP contribution in [0.2, 0.25) is 0 Å². The van der Waals surface area contributed by atoms with Crippen LogP contribution in [0.4, 0.5) is 4.39 Å². The largest absolute Gasteiger partial charge is 0.369 e. The second-order valence-electron chi connectivity index (χ2n) is 6.62. The quantitative estimate of drug-likeness (QED) is 0.775. The van der Waals surface area contributed by atoms with Crippen LogP contribution in [0.25, 0.3) is 0 Å². The third-order valence-corrected chi connectivity index (χ3v) is 5.05. The smallest absolute Gasteiger partial charge is 0.220 e. The van der Waals surface area contributed by atoms with Gasteiger partial charge in [-0.2, -0.15) is 0 Å². The molecule has 1 fully saturated rings. The normalized spacial score (nSPS) is 21.8. The van der Waals surface area contributed by atoms with Crippen LogP contribution >= 0.6 is 0 Å². The maximum atomic E-state index is 13.1. The molecule has 1 aromatic heterocycles. The second-order valence-corrected chi connectivity index (χ2v) is 6.62. The Bertz CT molecular complexity index is 708. The maximum Gasteiger partial charge on any atom is 0.220 e. The van der Waals surface area contributed by atoms with Crippen molar-refractivity contribution in [2.75, 3.05) is 13.1 Å². The Hall–Kier alpha value is -2.35. The summed E-state index contributed by atoms with van der Waals surface area (Å²) < 4.78 is 14.9. The van der Waals surface area contributed by atoms with Crippen LogP contribution in [0.1, 0.15) is 43.6 Å². The van der Waals surface area contributed by atoms with Crippen LogP contribution in [0, 0.1) is 11.7 Å². The summed E-state index contributed by atoms with van der Waals surface area (Å²) in [6.07, 6.45) is 2.52. The van der Waals surface area contributed by atoms with E-state index in [9.17, 15) is 9.18 Å². The molecule has 8 heteroatoms. The van der Waals surface area contributed by atoms with Gasteiger partial charge >= 0.3 is 0 Å². The molecule has 2 aromatic rings. The molecular formula is C17H24FN6O+. The first-order chi connectivity index (χ1) is 12.1. The lowest BCUT2D eigenvalue weighted by atomic mass is 9.94. The number of hydrogen-bond acceptors (Lipinski definition) is 4. The van der Waals surface area contributed by atoms with E-state index in [2.05, 4.69) is 22.4 Å². The summed E-state index contributed by atoms with van der Waals surface area (Å²) in [5, 5.41) is 12.2. The van der Waals surface area contributed by atoms with Gasteiger partial charge in [0.2, 0.25) is 11.7 Å². The van der Waals surface area contributed by atoms with Crippen LogP contribution in [-0.2, 0) is 11.3 Å². The summed E-state index contributed by atoms with van der Waals surface area (Å²) in [6, 6.07) is 6.54. The molecular weight excluding hydrogens is 323 g/mol. The highest BCUT2D eigenvalue weighted by atomic mass is 19.1. The molecule has 1 aromatic carbocycles. The fraction of sp³-hybridized carbons (Fsp3) is 0.529. The van der Waals surface area contributed by atoms with E-state index >= 15 is 0 Å². The number of carbonyl (C=O) groups is 1. The van der Waals surface area contributed by atoms with Gasteiger partial charge in [0, 0.05) is 25.2 Å². The standard InChI is InChI=1S/C17H23FN6O/c1-2-15(23-9-7-13(8-10-23)16(19)25)17-20-21-22-24(17)11-12-3-5-14(18)6-4-12/h3-6,13,15H,2,7-11H2,1H3,(H2,19,25)/p+1/t15-/m1/s1. The van der Waals surface area contributed by atoms with Crippen LogP contribution < -0.4 is 10.6 Å². The molecule has 0 saturated carbocycles. The molecule has 7 nitrogen and oxygen atoms in total. The number of nitrogens with zero attached hydrogens (tertiary/aromatic N) is 4. The fourth-order valence-electron chi connectivity index (χ4n) is 3.61. The number of piperidine rings is 1. The lowest BCUT2D eigenvalue weighted by Crippen LogP contribution is -3.13. The van der Waals surface area contributed by atoms with Crippen molar-refractivity contribution in [3.63, 3.8) is 0 Å². The molecule has 0 unspecified atom stereocenters. The summed E-state index contributed by atoms with van der Waals surface area (Å²) in [4.78, 5) is 12.7. The Kier molecular flexibility index (Phi) is 5.37. The molecule has 134 valence electrons. The highest BCUT2D eigenvalue weighted by molar-refractivity contribution is 5.76. The van der Waals surface area contributed by atoms with Gasteiger partial charge in [-0.25, -0.2) is 9.07 Å². The third kappa shape index (κ3) is 4.01. The van der Waals surface area contributed by atoms with E-state index < -0.39 is 0 Å². The summed E-state index contributed by atoms with van der Waals surface area (Å²) in [6.45, 7) is 4.40. The minimum atomic E-state index is -0.256. The number of likely N-dealkylation sites (tertiary alicyclic amines) is 1. The van der Waals surface area contributed by atoms with E-state index in [0.717, 1.165) is 43.7 Å². The number of amides is 1. The Morgan fingerprint density at radius 3 is 2.64 bits per heavy atom. The second kappa shape index (κ2) is 7.69. The number of nitrogens with one attached hydrogen (secondary N) is 1. The van der Waals surface area contributed by atoms with Gasteiger partial charge in [0.05, 0.1) is 19.6 Å². The van der Waals surface area contributed by atoms with Crippen molar-refractivity contribution >= 4 is 5.91 Å². The van der Waals surface area contributed by atoms with Crippen molar-refractivity contribution in [3.05, 3.63) is 41.5 Å². The van der Waals surface area contributed by atoms with Crippen molar-refractivity contribution in [2.45, 2.75) is 38.8 Å². The maximum absolute atomic E-state index is 13.1. The van der Waals surface area contributed by atoms with Crippen LogP contribution in [0.5, 0.6) is 0 Å². The molecule has 0 aliphatic carbocycles. The first-order valence-electron chi connectivity index (χ1n) is 8.73. The molecule has 2 heterocycles. The monoisotopic (exact) mass is 347 g/mol. The average molecular weight is 347 g/mol. The molecule has 3 rings (SSSR count). The number of hydrogen-bond donors (Lipinski definition) is 2. The highest BCUT2D eigenvalue weighted by Crippen LogP contribution is 2.15. The van der Waals surface area contributed by atoms with Crippen LogP contribution in [-0.4, -0.2) is 39.2 Å². The summed E-state index contributed by atoms with van der Waals surface area (Å²) >= 11 is 0. The number of aromatic nitrogens is 4. The molecule has 1 saturated heterocycles. The van der Waals surface area contributed by atoms with Crippen molar-refractivity contribution < 1.29 is 14.1 Å². The van der Waals surface area contributed by atoms with Gasteiger partial charge in [-0.05, 0) is 28.1 Å². The molecule has 0 bridgehead atoms. The average Bonchev–Trinajstić information content (AvgIpc) is 3.06. The number of quaternary nitrogens is 1. The van der Waals surface area contributed by atoms with Gasteiger partial charge < -0.3 is 10.6 Å². The molecule has 3 N–H and O–H groups in total. The number of primary amides is 1. The van der Waals surface area contributed by atoms with E-state index in [1.54, 1.807) is 16.8 Å². The lowest BCUT2D eigenvalue weighted by molar-refractivity contribution is -0.938. The predicted octanol–water partition coefficient (Wildman–Crippen LogP) is 0.0918. The summed E-state index contributed by atoms with van der Waals surface area (Å²) in [7, 11) is 0. The van der Waals surface area contributed by atoms with Crippen molar-refractivity contribution in [1.29, 1.82) is 0 Å². The van der Waals surface area contributed by atoms with Crippen LogP contribution in [0.15, 0.2) is 24.3 Å². The van der Waals surface area contributed by atoms with Gasteiger partial charge in [-0.15, -0.1) is 5.10 Å². The molecule has 25 heavy (non-hydrogen) atoms. The van der Waals surface area contributed by atoms with Gasteiger partial charge in [0.25, 0.3) is 0 Å². The fourth-order valence-corrected chi connectivity index (χ4v) is 3.61. The molecule has 0 radical (unpaired) electrons. The molecule has 1 aliphatic rings. The van der Waals surface area contributed by atoms with Crippen LogP contribution in [0.3, 0.4) is 0 Å². The van der Waals surface area contributed by atoms with Gasteiger partial charge in [0.1, 0.15) is 11.9 Å². The Morgan fingerprint density at radius 2 is 2.04 bits per heavy atom. The van der Waals surface area contributed by atoms with Crippen molar-refractivity contribution in [1.82, 2.24) is 20.2 Å². The van der Waals surface area contributed by atoms with Gasteiger partial charge in [-0.1, -0.05) is 19.1 Å². The van der Waals surface area contributed by atoms with Crippen molar-refractivity contribution in [3.8, 4) is 0 Å². The first-order valence-corrected chi connectivity index (χ1v) is 8.73. The number of nitrogens with two attached hydrogens (primary N) is 1. The number of tetrazole rings is 1. The Balaban J connectivity index is 1.73. The molecule has 1 aliphatic heterocycles. The Labute approximate surface area is 146 Å². The predicted molar refractivity (Wildman–Crippen MR) is 89.0 cm³/mol. The third-order valence-electron chi connectivity index (χ3n) is 5.05. The lowest BCUT2D eigenvalue weighted by Gasteiger charge is -2.32. The molecule has 1 atom stereocenters. The number of carbonyl (C=O) groups excluding carboxylic acids is 1. The van der Waals surface area contributed by atoms with Gasteiger partial charge in [-0.3, -0.25) is 4.79 Å². The number of halogens is 1. The molecule has 1 amide bonds.